The maximum Gasteiger partial charge on any atom is 0.251 e. The fourth-order valence-electron chi connectivity index (χ4n) is 3.01. The van der Waals surface area contributed by atoms with E-state index in [1.807, 2.05) is 12.1 Å². The quantitative estimate of drug-likeness (QED) is 0.723. The minimum Gasteiger partial charge on any atom is -0.367 e. The van der Waals surface area contributed by atoms with Crippen LogP contribution in [-0.2, 0) is 6.42 Å². The molecule has 0 aliphatic heterocycles. The van der Waals surface area contributed by atoms with Crippen LogP contribution in [0, 0.1) is 0 Å². The first kappa shape index (κ1) is 15.6. The van der Waals surface area contributed by atoms with Gasteiger partial charge in [0.15, 0.2) is 0 Å². The number of fused-ring (bicyclic) bond motifs is 1. The summed E-state index contributed by atoms with van der Waals surface area (Å²) in [6, 6.07) is 18.8. The van der Waals surface area contributed by atoms with Crippen LogP contribution in [0.5, 0.6) is 0 Å². The highest BCUT2D eigenvalue weighted by atomic mass is 16.1. The molecule has 1 saturated carbocycles. The molecule has 0 atom stereocenters. The topological polar surface area (TPSA) is 54.0 Å². The van der Waals surface area contributed by atoms with E-state index >= 15 is 0 Å². The Balaban J connectivity index is 1.38. The smallest absolute Gasteiger partial charge is 0.251 e. The first-order valence-electron chi connectivity index (χ1n) is 8.77. The summed E-state index contributed by atoms with van der Waals surface area (Å²) in [5.41, 5.74) is 1.90. The lowest BCUT2D eigenvalue weighted by Gasteiger charge is -2.09. The summed E-state index contributed by atoms with van der Waals surface area (Å²) >= 11 is 0. The third-order valence-corrected chi connectivity index (χ3v) is 4.51. The summed E-state index contributed by atoms with van der Waals surface area (Å²) < 4.78 is 0. The predicted molar refractivity (Wildman–Crippen MR) is 101 cm³/mol. The van der Waals surface area contributed by atoms with Crippen molar-refractivity contribution in [2.45, 2.75) is 25.3 Å². The molecule has 3 aromatic rings. The molecule has 0 bridgehead atoms. The van der Waals surface area contributed by atoms with Gasteiger partial charge in [-0.05, 0) is 47.7 Å². The van der Waals surface area contributed by atoms with E-state index in [2.05, 4.69) is 52.0 Å². The van der Waals surface area contributed by atoms with Gasteiger partial charge in [-0.1, -0.05) is 42.5 Å². The number of nitrogens with zero attached hydrogens (tertiary/aromatic N) is 1. The van der Waals surface area contributed by atoms with E-state index in [0.29, 0.717) is 18.2 Å². The SMILES string of the molecule is O=C(NCCc1cccc2ccccc12)c1ccnc(NC2CC2)c1. The number of carbonyl (C=O) groups is 1. The van der Waals surface area contributed by atoms with Crippen molar-refractivity contribution >= 4 is 22.5 Å². The van der Waals surface area contributed by atoms with Crippen molar-refractivity contribution in [3.63, 3.8) is 0 Å². The molecule has 1 aromatic heterocycles. The monoisotopic (exact) mass is 331 g/mol. The molecule has 0 radical (unpaired) electrons. The molecule has 25 heavy (non-hydrogen) atoms. The highest BCUT2D eigenvalue weighted by molar-refractivity contribution is 5.94. The van der Waals surface area contributed by atoms with Gasteiger partial charge in [0.25, 0.3) is 5.91 Å². The Morgan fingerprint density at radius 2 is 1.92 bits per heavy atom. The number of hydrogen-bond donors (Lipinski definition) is 2. The normalized spacial score (nSPS) is 13.6. The summed E-state index contributed by atoms with van der Waals surface area (Å²) in [5, 5.41) is 8.82. The van der Waals surface area contributed by atoms with E-state index in [0.717, 1.165) is 12.2 Å². The van der Waals surface area contributed by atoms with Gasteiger partial charge >= 0.3 is 0 Å². The fraction of sp³-hybridized carbons (Fsp3) is 0.238. The zero-order valence-corrected chi connectivity index (χ0v) is 14.0. The van der Waals surface area contributed by atoms with Crippen molar-refractivity contribution in [1.29, 1.82) is 0 Å². The number of pyridine rings is 1. The fourth-order valence-corrected chi connectivity index (χ4v) is 3.01. The van der Waals surface area contributed by atoms with Gasteiger partial charge in [-0.25, -0.2) is 4.98 Å². The van der Waals surface area contributed by atoms with Crippen LogP contribution in [0.2, 0.25) is 0 Å². The van der Waals surface area contributed by atoms with Crippen molar-refractivity contribution < 1.29 is 4.79 Å². The van der Waals surface area contributed by atoms with Crippen molar-refractivity contribution in [3.05, 3.63) is 71.9 Å². The number of rotatable bonds is 6. The van der Waals surface area contributed by atoms with Gasteiger partial charge in [-0.3, -0.25) is 4.79 Å². The van der Waals surface area contributed by atoms with Crippen LogP contribution in [0.25, 0.3) is 10.8 Å². The summed E-state index contributed by atoms with van der Waals surface area (Å²) in [6.07, 6.45) is 4.86. The average Bonchev–Trinajstić information content (AvgIpc) is 3.46. The molecular weight excluding hydrogens is 310 g/mol. The molecule has 2 aromatic carbocycles. The minimum atomic E-state index is -0.0542. The molecule has 1 heterocycles. The van der Waals surface area contributed by atoms with Crippen LogP contribution in [0.3, 0.4) is 0 Å². The Morgan fingerprint density at radius 3 is 2.80 bits per heavy atom. The largest absolute Gasteiger partial charge is 0.367 e. The van der Waals surface area contributed by atoms with Gasteiger partial charge in [0.05, 0.1) is 0 Å². The standard InChI is InChI=1S/C21H21N3O/c25-21(17-11-12-22-20(14-17)24-18-8-9-18)23-13-10-16-6-3-5-15-4-1-2-7-19(15)16/h1-7,11-12,14,18H,8-10,13H2,(H,22,24)(H,23,25). The number of carbonyl (C=O) groups excluding carboxylic acids is 1. The van der Waals surface area contributed by atoms with Crippen LogP contribution in [0.1, 0.15) is 28.8 Å². The van der Waals surface area contributed by atoms with Gasteiger partial charge < -0.3 is 10.6 Å². The zero-order chi connectivity index (χ0) is 17.1. The van der Waals surface area contributed by atoms with Crippen LogP contribution in [0.4, 0.5) is 5.82 Å². The second-order valence-electron chi connectivity index (χ2n) is 6.49. The Kier molecular flexibility index (Phi) is 4.34. The average molecular weight is 331 g/mol. The van der Waals surface area contributed by atoms with E-state index in [1.165, 1.54) is 29.2 Å². The van der Waals surface area contributed by atoms with Gasteiger partial charge in [0.2, 0.25) is 0 Å². The number of benzene rings is 2. The number of anilines is 1. The van der Waals surface area contributed by atoms with Crippen LogP contribution in [-0.4, -0.2) is 23.5 Å². The lowest BCUT2D eigenvalue weighted by molar-refractivity contribution is 0.0954. The van der Waals surface area contributed by atoms with Gasteiger partial charge in [-0.2, -0.15) is 0 Å². The number of amides is 1. The van der Waals surface area contributed by atoms with E-state index < -0.39 is 0 Å². The lowest BCUT2D eigenvalue weighted by Crippen LogP contribution is -2.26. The Hall–Kier alpha value is -2.88. The maximum atomic E-state index is 12.4. The highest BCUT2D eigenvalue weighted by Crippen LogP contribution is 2.23. The van der Waals surface area contributed by atoms with Crippen molar-refractivity contribution in [3.8, 4) is 0 Å². The summed E-state index contributed by atoms with van der Waals surface area (Å²) in [6.45, 7) is 0.612. The molecule has 4 rings (SSSR count). The van der Waals surface area contributed by atoms with E-state index in [9.17, 15) is 4.79 Å². The first-order valence-corrected chi connectivity index (χ1v) is 8.77. The summed E-state index contributed by atoms with van der Waals surface area (Å²) in [4.78, 5) is 16.7. The Labute approximate surface area is 147 Å². The summed E-state index contributed by atoms with van der Waals surface area (Å²) in [7, 11) is 0. The van der Waals surface area contributed by atoms with E-state index in [4.69, 9.17) is 0 Å². The molecule has 0 unspecified atom stereocenters. The van der Waals surface area contributed by atoms with Crippen LogP contribution < -0.4 is 10.6 Å². The predicted octanol–water partition coefficient (Wildman–Crippen LogP) is 3.78. The molecule has 4 heteroatoms. The highest BCUT2D eigenvalue weighted by Gasteiger charge is 2.21. The molecular formula is C21H21N3O. The Bertz CT molecular complexity index is 897. The van der Waals surface area contributed by atoms with Crippen molar-refractivity contribution in [2.24, 2.45) is 0 Å². The molecule has 2 N–H and O–H groups in total. The molecule has 1 aliphatic rings. The maximum absolute atomic E-state index is 12.4. The third kappa shape index (κ3) is 3.79. The minimum absolute atomic E-state index is 0.0542. The third-order valence-electron chi connectivity index (χ3n) is 4.51. The molecule has 126 valence electrons. The molecule has 1 fully saturated rings. The van der Waals surface area contributed by atoms with Crippen molar-refractivity contribution in [1.82, 2.24) is 10.3 Å². The number of hydrogen-bond acceptors (Lipinski definition) is 3. The Morgan fingerprint density at radius 1 is 1.08 bits per heavy atom. The van der Waals surface area contributed by atoms with Gasteiger partial charge in [0, 0.05) is 24.3 Å². The molecule has 1 aliphatic carbocycles. The number of aromatic nitrogens is 1. The first-order chi connectivity index (χ1) is 12.3. The molecule has 0 spiro atoms. The lowest BCUT2D eigenvalue weighted by atomic mass is 10.0. The van der Waals surface area contributed by atoms with E-state index in [-0.39, 0.29) is 5.91 Å². The van der Waals surface area contributed by atoms with Gasteiger partial charge in [-0.15, -0.1) is 0 Å². The van der Waals surface area contributed by atoms with E-state index in [1.54, 1.807) is 12.3 Å². The van der Waals surface area contributed by atoms with Crippen LogP contribution >= 0.6 is 0 Å². The molecule has 1 amide bonds. The molecule has 0 saturated heterocycles. The van der Waals surface area contributed by atoms with Gasteiger partial charge in [0.1, 0.15) is 5.82 Å². The van der Waals surface area contributed by atoms with Crippen molar-refractivity contribution in [2.75, 3.05) is 11.9 Å². The molecule has 4 nitrogen and oxygen atoms in total. The zero-order valence-electron chi connectivity index (χ0n) is 14.0. The van der Waals surface area contributed by atoms with Crippen LogP contribution in [0.15, 0.2) is 60.8 Å². The summed E-state index contributed by atoms with van der Waals surface area (Å²) in [5.74, 6) is 0.727. The number of nitrogens with one attached hydrogen (secondary N) is 2. The second kappa shape index (κ2) is 6.93. The second-order valence-corrected chi connectivity index (χ2v) is 6.49.